The highest BCUT2D eigenvalue weighted by molar-refractivity contribution is 8.24. The van der Waals surface area contributed by atoms with Crippen LogP contribution in [0.1, 0.15) is 22.5 Å². The molecule has 1 aliphatic heterocycles. The van der Waals surface area contributed by atoms with E-state index >= 15 is 0 Å². The van der Waals surface area contributed by atoms with Gasteiger partial charge in [0.05, 0.1) is 15.4 Å². The third-order valence-corrected chi connectivity index (χ3v) is 5.62. The standard InChI is InChI=1S/C16H3F4N5S2/c17-9-2-7(1-8(3-9)16(18,19)20)10(4-21)15-26-13-14(27-15)25-12(6-23)11(5-22)24-13/h1-3H. The van der Waals surface area contributed by atoms with E-state index in [-0.39, 0.29) is 36.8 Å². The first kappa shape index (κ1) is 18.7. The monoisotopic (exact) mass is 405 g/mol. The van der Waals surface area contributed by atoms with Crippen LogP contribution in [-0.4, -0.2) is 9.97 Å². The smallest absolute Gasteiger partial charge is 0.224 e. The Balaban J connectivity index is 2.11. The predicted octanol–water partition coefficient (Wildman–Crippen LogP) is 4.47. The van der Waals surface area contributed by atoms with E-state index < -0.39 is 17.6 Å². The first-order chi connectivity index (χ1) is 12.8. The SMILES string of the molecule is N#CC(=C1Sc2nc(C#N)c(C#N)nc2S1)c1cc(F)cc(C(F)(F)F)c1. The Morgan fingerprint density at radius 3 is 1.93 bits per heavy atom. The topological polar surface area (TPSA) is 97.1 Å². The first-order valence-electron chi connectivity index (χ1n) is 6.87. The van der Waals surface area contributed by atoms with Crippen molar-refractivity contribution in [3.8, 4) is 18.2 Å². The number of rotatable bonds is 1. The Hall–Kier alpha value is -3.07. The molecule has 0 N–H and O–H groups in total. The van der Waals surface area contributed by atoms with Crippen LogP contribution in [0.2, 0.25) is 0 Å². The quantitative estimate of drug-likeness (QED) is 0.510. The highest BCUT2D eigenvalue weighted by atomic mass is 32.2. The Kier molecular flexibility index (Phi) is 4.79. The molecule has 0 radical (unpaired) electrons. The molecule has 2 aromatic rings. The zero-order chi connectivity index (χ0) is 19.8. The van der Waals surface area contributed by atoms with Crippen LogP contribution in [0.25, 0.3) is 5.57 Å². The summed E-state index contributed by atoms with van der Waals surface area (Å²) >= 11 is 1.83. The molecule has 5 nitrogen and oxygen atoms in total. The summed E-state index contributed by atoms with van der Waals surface area (Å²) in [5, 5.41) is 27.9. The summed E-state index contributed by atoms with van der Waals surface area (Å²) in [6.07, 6.45) is -4.77. The number of nitriles is 3. The van der Waals surface area contributed by atoms with E-state index in [2.05, 4.69) is 9.97 Å². The van der Waals surface area contributed by atoms with Crippen LogP contribution in [0.15, 0.2) is 32.5 Å². The highest BCUT2D eigenvalue weighted by Gasteiger charge is 2.33. The maximum absolute atomic E-state index is 13.7. The zero-order valence-electron chi connectivity index (χ0n) is 12.8. The molecule has 3 rings (SSSR count). The first-order valence-corrected chi connectivity index (χ1v) is 8.50. The highest BCUT2D eigenvalue weighted by Crippen LogP contribution is 2.52. The number of benzene rings is 1. The van der Waals surface area contributed by atoms with Crippen LogP contribution in [0, 0.1) is 39.8 Å². The molecule has 0 atom stereocenters. The minimum atomic E-state index is -4.77. The van der Waals surface area contributed by atoms with Gasteiger partial charge in [0.15, 0.2) is 11.4 Å². The van der Waals surface area contributed by atoms with Crippen LogP contribution >= 0.6 is 23.5 Å². The van der Waals surface area contributed by atoms with E-state index in [0.717, 1.165) is 29.6 Å². The second kappa shape index (κ2) is 6.92. The number of hydrogen-bond acceptors (Lipinski definition) is 7. The average Bonchev–Trinajstić information content (AvgIpc) is 3.02. The number of halogens is 4. The van der Waals surface area contributed by atoms with E-state index in [1.165, 1.54) is 0 Å². The van der Waals surface area contributed by atoms with Crippen molar-refractivity contribution in [3.63, 3.8) is 0 Å². The van der Waals surface area contributed by atoms with Gasteiger partial charge in [-0.15, -0.1) is 0 Å². The fourth-order valence-corrected chi connectivity index (χ4v) is 4.43. The normalized spacial score (nSPS) is 12.7. The van der Waals surface area contributed by atoms with Crippen LogP contribution in [-0.2, 0) is 6.18 Å². The van der Waals surface area contributed by atoms with Crippen LogP contribution in [0.5, 0.6) is 0 Å². The van der Waals surface area contributed by atoms with Gasteiger partial charge in [0.2, 0.25) is 0 Å². The maximum atomic E-state index is 13.7. The molecule has 132 valence electrons. The molecule has 1 aromatic heterocycles. The van der Waals surface area contributed by atoms with Gasteiger partial charge in [-0.3, -0.25) is 0 Å². The van der Waals surface area contributed by atoms with E-state index in [0.29, 0.717) is 12.1 Å². The largest absolute Gasteiger partial charge is 0.416 e. The molecule has 0 saturated carbocycles. The Morgan fingerprint density at radius 1 is 0.926 bits per heavy atom. The lowest BCUT2D eigenvalue weighted by Crippen LogP contribution is -2.06. The molecule has 0 aliphatic carbocycles. The van der Waals surface area contributed by atoms with Crippen molar-refractivity contribution in [2.75, 3.05) is 0 Å². The fourth-order valence-electron chi connectivity index (χ4n) is 2.12. The molecule has 11 heteroatoms. The summed E-state index contributed by atoms with van der Waals surface area (Å²) < 4.78 is 52.6. The molecule has 1 aliphatic rings. The molecule has 2 heterocycles. The Labute approximate surface area is 158 Å². The van der Waals surface area contributed by atoms with Crippen molar-refractivity contribution in [1.82, 2.24) is 9.97 Å². The number of hydrogen-bond donors (Lipinski definition) is 0. The van der Waals surface area contributed by atoms with Crippen LogP contribution in [0.3, 0.4) is 0 Å². The van der Waals surface area contributed by atoms with E-state index in [1.54, 1.807) is 18.2 Å². The minimum absolute atomic E-state index is 0.188. The molecular weight excluding hydrogens is 402 g/mol. The average molecular weight is 405 g/mol. The van der Waals surface area contributed by atoms with Gasteiger partial charge in [-0.25, -0.2) is 14.4 Å². The zero-order valence-corrected chi connectivity index (χ0v) is 14.4. The van der Waals surface area contributed by atoms with Gasteiger partial charge in [-0.1, -0.05) is 23.5 Å². The molecule has 0 fully saturated rings. The molecular formula is C16H3F4N5S2. The van der Waals surface area contributed by atoms with Gasteiger partial charge in [0.25, 0.3) is 0 Å². The second-order valence-electron chi connectivity index (χ2n) is 4.96. The van der Waals surface area contributed by atoms with Crippen molar-refractivity contribution in [2.45, 2.75) is 16.2 Å². The van der Waals surface area contributed by atoms with Gasteiger partial charge in [-0.2, -0.15) is 29.0 Å². The molecule has 0 saturated heterocycles. The maximum Gasteiger partial charge on any atom is 0.416 e. The van der Waals surface area contributed by atoms with E-state index in [9.17, 15) is 22.8 Å². The molecule has 0 bridgehead atoms. The lowest BCUT2D eigenvalue weighted by Gasteiger charge is -2.09. The van der Waals surface area contributed by atoms with E-state index in [1.807, 2.05) is 0 Å². The lowest BCUT2D eigenvalue weighted by molar-refractivity contribution is -0.137. The van der Waals surface area contributed by atoms with Crippen molar-refractivity contribution >= 4 is 29.1 Å². The summed E-state index contributed by atoms with van der Waals surface area (Å²) in [6.45, 7) is 0. The number of thioether (sulfide) groups is 2. The third-order valence-electron chi connectivity index (χ3n) is 3.25. The summed E-state index contributed by atoms with van der Waals surface area (Å²) in [4.78, 5) is 7.95. The van der Waals surface area contributed by atoms with Gasteiger partial charge >= 0.3 is 6.18 Å². The molecule has 0 amide bonds. The van der Waals surface area contributed by atoms with Crippen molar-refractivity contribution in [2.24, 2.45) is 0 Å². The Bertz CT molecular complexity index is 1070. The van der Waals surface area contributed by atoms with Gasteiger partial charge in [0, 0.05) is 0 Å². The predicted molar refractivity (Wildman–Crippen MR) is 87.1 cm³/mol. The number of nitrogens with zero attached hydrogens (tertiary/aromatic N) is 5. The Morgan fingerprint density at radius 2 is 1.48 bits per heavy atom. The fraction of sp³-hybridized carbons (Fsp3) is 0.0625. The van der Waals surface area contributed by atoms with Crippen molar-refractivity contribution in [1.29, 1.82) is 15.8 Å². The summed E-state index contributed by atoms with van der Waals surface area (Å²) in [5.41, 5.74) is -2.05. The number of fused-ring (bicyclic) bond motifs is 1. The second-order valence-corrected chi connectivity index (χ2v) is 7.22. The van der Waals surface area contributed by atoms with Gasteiger partial charge < -0.3 is 0 Å². The summed E-state index contributed by atoms with van der Waals surface area (Å²) in [5.74, 6) is -1.13. The molecule has 0 unspecified atom stereocenters. The molecule has 1 aromatic carbocycles. The molecule has 27 heavy (non-hydrogen) atoms. The lowest BCUT2D eigenvalue weighted by atomic mass is 10.0. The van der Waals surface area contributed by atoms with Crippen molar-refractivity contribution in [3.05, 3.63) is 50.8 Å². The van der Waals surface area contributed by atoms with Gasteiger partial charge in [0.1, 0.15) is 34.1 Å². The number of alkyl halides is 3. The van der Waals surface area contributed by atoms with Crippen LogP contribution < -0.4 is 0 Å². The minimum Gasteiger partial charge on any atom is -0.224 e. The summed E-state index contributed by atoms with van der Waals surface area (Å²) in [6, 6.07) is 7.07. The van der Waals surface area contributed by atoms with Gasteiger partial charge in [-0.05, 0) is 23.8 Å². The van der Waals surface area contributed by atoms with Crippen molar-refractivity contribution < 1.29 is 17.6 Å². The molecule has 0 spiro atoms. The summed E-state index contributed by atoms with van der Waals surface area (Å²) in [7, 11) is 0. The van der Waals surface area contributed by atoms with Crippen LogP contribution in [0.4, 0.5) is 17.6 Å². The number of allylic oxidation sites excluding steroid dienone is 1. The third kappa shape index (κ3) is 3.59. The number of aromatic nitrogens is 2. The van der Waals surface area contributed by atoms with E-state index in [4.69, 9.17) is 10.5 Å².